The monoisotopic (exact) mass is 249 g/mol. The molecule has 0 aliphatic rings. The SMILES string of the molecule is Cc1cc2cccc(-c3ccccc3)c2nc1NN. The topological polar surface area (TPSA) is 50.9 Å². The number of aryl methyl sites for hydroxylation is 1. The Labute approximate surface area is 112 Å². The van der Waals surface area contributed by atoms with E-state index in [4.69, 9.17) is 5.84 Å². The van der Waals surface area contributed by atoms with Gasteiger partial charge < -0.3 is 5.43 Å². The molecule has 0 saturated heterocycles. The molecule has 0 unspecified atom stereocenters. The molecule has 3 nitrogen and oxygen atoms in total. The number of rotatable bonds is 2. The van der Waals surface area contributed by atoms with E-state index in [1.807, 2.05) is 25.1 Å². The largest absolute Gasteiger partial charge is 0.308 e. The maximum atomic E-state index is 5.52. The predicted molar refractivity (Wildman–Crippen MR) is 79.7 cm³/mol. The normalized spacial score (nSPS) is 10.6. The first-order valence-electron chi connectivity index (χ1n) is 6.22. The van der Waals surface area contributed by atoms with E-state index in [9.17, 15) is 0 Å². The summed E-state index contributed by atoms with van der Waals surface area (Å²) in [5, 5.41) is 1.12. The van der Waals surface area contributed by atoms with Gasteiger partial charge in [-0.1, -0.05) is 48.5 Å². The molecular formula is C16H15N3. The molecule has 0 aliphatic heterocycles. The number of nitrogens with one attached hydrogen (secondary N) is 1. The predicted octanol–water partition coefficient (Wildman–Crippen LogP) is 3.50. The molecule has 3 aromatic rings. The van der Waals surface area contributed by atoms with Crippen molar-refractivity contribution in [1.82, 2.24) is 4.98 Å². The molecule has 2 aromatic carbocycles. The first-order valence-corrected chi connectivity index (χ1v) is 6.22. The molecule has 0 bridgehead atoms. The van der Waals surface area contributed by atoms with Gasteiger partial charge >= 0.3 is 0 Å². The third-order valence-electron chi connectivity index (χ3n) is 3.26. The summed E-state index contributed by atoms with van der Waals surface area (Å²) in [7, 11) is 0. The van der Waals surface area contributed by atoms with Crippen molar-refractivity contribution in [2.45, 2.75) is 6.92 Å². The van der Waals surface area contributed by atoms with Crippen molar-refractivity contribution >= 4 is 16.7 Å². The van der Waals surface area contributed by atoms with Crippen LogP contribution in [0.3, 0.4) is 0 Å². The highest BCUT2D eigenvalue weighted by atomic mass is 15.2. The Hall–Kier alpha value is -2.39. The van der Waals surface area contributed by atoms with Gasteiger partial charge in [-0.25, -0.2) is 10.8 Å². The third kappa shape index (κ3) is 2.04. The van der Waals surface area contributed by atoms with Crippen LogP contribution in [0.4, 0.5) is 5.82 Å². The maximum Gasteiger partial charge on any atom is 0.143 e. The standard InChI is InChI=1S/C16H15N3/c1-11-10-13-8-5-9-14(12-6-3-2-4-7-12)15(13)18-16(11)19-17/h2-10H,17H2,1H3,(H,18,19). The van der Waals surface area contributed by atoms with E-state index in [0.29, 0.717) is 0 Å². The molecule has 1 aromatic heterocycles. The highest BCUT2D eigenvalue weighted by molar-refractivity contribution is 5.95. The van der Waals surface area contributed by atoms with Crippen molar-refractivity contribution in [2.24, 2.45) is 5.84 Å². The molecule has 94 valence electrons. The fraction of sp³-hybridized carbons (Fsp3) is 0.0625. The summed E-state index contributed by atoms with van der Waals surface area (Å²) in [6.45, 7) is 2.00. The number of anilines is 1. The van der Waals surface area contributed by atoms with Crippen LogP contribution in [0.1, 0.15) is 5.56 Å². The minimum absolute atomic E-state index is 0.718. The van der Waals surface area contributed by atoms with Crippen molar-refractivity contribution in [3.8, 4) is 11.1 Å². The second kappa shape index (κ2) is 4.71. The summed E-state index contributed by atoms with van der Waals surface area (Å²) in [5.41, 5.74) is 6.94. The fourth-order valence-electron chi connectivity index (χ4n) is 2.30. The Morgan fingerprint density at radius 1 is 1.00 bits per heavy atom. The highest BCUT2D eigenvalue weighted by Crippen LogP contribution is 2.29. The van der Waals surface area contributed by atoms with Crippen molar-refractivity contribution < 1.29 is 0 Å². The van der Waals surface area contributed by atoms with E-state index < -0.39 is 0 Å². The maximum absolute atomic E-state index is 5.52. The molecule has 3 heteroatoms. The molecule has 0 amide bonds. The van der Waals surface area contributed by atoms with Gasteiger partial charge in [-0.3, -0.25) is 0 Å². The first kappa shape index (κ1) is 11.7. The van der Waals surface area contributed by atoms with Gasteiger partial charge in [-0.2, -0.15) is 0 Å². The number of aromatic nitrogens is 1. The quantitative estimate of drug-likeness (QED) is 0.540. The van der Waals surface area contributed by atoms with Gasteiger partial charge in [0.25, 0.3) is 0 Å². The second-order valence-electron chi connectivity index (χ2n) is 4.54. The summed E-state index contributed by atoms with van der Waals surface area (Å²) >= 11 is 0. The molecule has 0 spiro atoms. The highest BCUT2D eigenvalue weighted by Gasteiger charge is 2.07. The smallest absolute Gasteiger partial charge is 0.143 e. The average molecular weight is 249 g/mol. The lowest BCUT2D eigenvalue weighted by Gasteiger charge is -2.10. The van der Waals surface area contributed by atoms with Gasteiger partial charge in [0.15, 0.2) is 0 Å². The summed E-state index contributed by atoms with van der Waals surface area (Å²) in [5.74, 6) is 6.24. The zero-order valence-electron chi connectivity index (χ0n) is 10.7. The van der Waals surface area contributed by atoms with Crippen LogP contribution in [-0.4, -0.2) is 4.98 Å². The number of benzene rings is 2. The number of para-hydroxylation sites is 1. The Morgan fingerprint density at radius 3 is 2.53 bits per heavy atom. The molecule has 0 atom stereocenters. The summed E-state index contributed by atoms with van der Waals surface area (Å²) in [4.78, 5) is 4.63. The molecular weight excluding hydrogens is 234 g/mol. The summed E-state index contributed by atoms with van der Waals surface area (Å²) in [6.07, 6.45) is 0. The van der Waals surface area contributed by atoms with Gasteiger partial charge in [-0.05, 0) is 24.1 Å². The van der Waals surface area contributed by atoms with Crippen molar-refractivity contribution in [3.63, 3.8) is 0 Å². The molecule has 0 saturated carbocycles. The number of nitrogens with two attached hydrogens (primary N) is 1. The van der Waals surface area contributed by atoms with E-state index in [2.05, 4.69) is 46.8 Å². The second-order valence-corrected chi connectivity index (χ2v) is 4.54. The Kier molecular flexibility index (Phi) is 2.89. The molecule has 0 aliphatic carbocycles. The van der Waals surface area contributed by atoms with Crippen LogP contribution in [0.2, 0.25) is 0 Å². The van der Waals surface area contributed by atoms with Crippen LogP contribution in [0, 0.1) is 6.92 Å². The van der Waals surface area contributed by atoms with Crippen LogP contribution in [-0.2, 0) is 0 Å². The third-order valence-corrected chi connectivity index (χ3v) is 3.26. The van der Waals surface area contributed by atoms with E-state index in [0.717, 1.165) is 33.4 Å². The number of hydrazine groups is 1. The van der Waals surface area contributed by atoms with Crippen molar-refractivity contribution in [2.75, 3.05) is 5.43 Å². The zero-order valence-corrected chi connectivity index (χ0v) is 10.7. The lowest BCUT2D eigenvalue weighted by atomic mass is 10.0. The van der Waals surface area contributed by atoms with Crippen LogP contribution in [0.15, 0.2) is 54.6 Å². The number of hydrogen-bond donors (Lipinski definition) is 2. The Bertz CT molecular complexity index is 721. The summed E-state index contributed by atoms with van der Waals surface area (Å²) < 4.78 is 0. The average Bonchev–Trinajstić information content (AvgIpc) is 2.46. The van der Waals surface area contributed by atoms with Crippen LogP contribution in [0.25, 0.3) is 22.0 Å². The molecule has 1 heterocycles. The molecule has 0 radical (unpaired) electrons. The molecule has 0 fully saturated rings. The van der Waals surface area contributed by atoms with Crippen molar-refractivity contribution in [1.29, 1.82) is 0 Å². The minimum Gasteiger partial charge on any atom is -0.308 e. The van der Waals surface area contributed by atoms with Gasteiger partial charge in [0.2, 0.25) is 0 Å². The Morgan fingerprint density at radius 2 is 1.79 bits per heavy atom. The number of nitrogen functional groups attached to an aromatic ring is 1. The van der Waals surface area contributed by atoms with Crippen molar-refractivity contribution in [3.05, 3.63) is 60.2 Å². The lowest BCUT2D eigenvalue weighted by Crippen LogP contribution is -2.10. The lowest BCUT2D eigenvalue weighted by molar-refractivity contribution is 1.23. The van der Waals surface area contributed by atoms with E-state index in [1.54, 1.807) is 0 Å². The minimum atomic E-state index is 0.718. The van der Waals surface area contributed by atoms with Gasteiger partial charge in [-0.15, -0.1) is 0 Å². The van der Waals surface area contributed by atoms with Gasteiger partial charge in [0.05, 0.1) is 5.52 Å². The number of fused-ring (bicyclic) bond motifs is 1. The van der Waals surface area contributed by atoms with Crippen LogP contribution in [0.5, 0.6) is 0 Å². The zero-order chi connectivity index (χ0) is 13.2. The molecule has 3 N–H and O–H groups in total. The van der Waals surface area contributed by atoms with Gasteiger partial charge in [0.1, 0.15) is 5.82 Å². The molecule has 19 heavy (non-hydrogen) atoms. The number of nitrogens with zero attached hydrogens (tertiary/aromatic N) is 1. The first-order chi connectivity index (χ1) is 9.29. The Balaban J connectivity index is 2.31. The van der Waals surface area contributed by atoms with Gasteiger partial charge in [0, 0.05) is 10.9 Å². The number of pyridine rings is 1. The van der Waals surface area contributed by atoms with E-state index >= 15 is 0 Å². The molecule has 3 rings (SSSR count). The van der Waals surface area contributed by atoms with Crippen LogP contribution >= 0.6 is 0 Å². The fourth-order valence-corrected chi connectivity index (χ4v) is 2.30. The number of hydrogen-bond acceptors (Lipinski definition) is 3. The van der Waals surface area contributed by atoms with Crippen LogP contribution < -0.4 is 11.3 Å². The van der Waals surface area contributed by atoms with E-state index in [1.165, 1.54) is 0 Å². The summed E-state index contributed by atoms with van der Waals surface area (Å²) in [6, 6.07) is 18.6. The van der Waals surface area contributed by atoms with E-state index in [-0.39, 0.29) is 0 Å².